The van der Waals surface area contributed by atoms with E-state index >= 15 is 0 Å². The van der Waals surface area contributed by atoms with Crippen LogP contribution in [0.25, 0.3) is 0 Å². The number of hydrogen-bond acceptors (Lipinski definition) is 2. The van der Waals surface area contributed by atoms with Crippen molar-refractivity contribution in [3.8, 4) is 0 Å². The van der Waals surface area contributed by atoms with E-state index in [1.165, 1.54) is 0 Å². The van der Waals surface area contributed by atoms with Crippen LogP contribution in [0.1, 0.15) is 33.1 Å². The van der Waals surface area contributed by atoms with Gasteiger partial charge in [0.25, 0.3) is 0 Å². The lowest BCUT2D eigenvalue weighted by molar-refractivity contribution is 0.410. The average Bonchev–Trinajstić information content (AvgIpc) is 2.50. The van der Waals surface area contributed by atoms with Crippen LogP contribution in [0.15, 0.2) is 15.6 Å². The van der Waals surface area contributed by atoms with E-state index in [4.69, 9.17) is 0 Å². The van der Waals surface area contributed by atoms with Gasteiger partial charge in [0, 0.05) is 18.1 Å². The Hall–Kier alpha value is -0.280. The fraction of sp³-hybridized carbons (Fsp3) is 0.700. The normalized spacial score (nSPS) is 38.2. The minimum atomic E-state index is -0.743. The third kappa shape index (κ3) is 1.34. The van der Waals surface area contributed by atoms with Crippen LogP contribution in [0.2, 0.25) is 0 Å². The molecule has 0 amide bonds. The van der Waals surface area contributed by atoms with E-state index in [2.05, 4.69) is 18.8 Å². The Balaban J connectivity index is 2.40. The molecule has 2 nitrogen and oxygen atoms in total. The van der Waals surface area contributed by atoms with Gasteiger partial charge in [-0.05, 0) is 24.0 Å². The highest BCUT2D eigenvalue weighted by atomic mass is 32.2. The monoisotopic (exact) mass is 197 g/mol. The van der Waals surface area contributed by atoms with Crippen LogP contribution >= 0.6 is 0 Å². The van der Waals surface area contributed by atoms with Crippen LogP contribution in [0.3, 0.4) is 0 Å². The standard InChI is InChI=1S/C10H15NOS/c1-3-10(2)5-6-11-8-4-7-13(12)9(8)10/h6H,3-5,7H2,1-2H3. The van der Waals surface area contributed by atoms with Crippen molar-refractivity contribution in [3.63, 3.8) is 0 Å². The summed E-state index contributed by atoms with van der Waals surface area (Å²) >= 11 is -0.743. The first-order chi connectivity index (χ1) is 6.17. The van der Waals surface area contributed by atoms with Crippen LogP contribution < -0.4 is 0 Å². The predicted octanol–water partition coefficient (Wildman–Crippen LogP) is 2.24. The van der Waals surface area contributed by atoms with E-state index in [9.17, 15) is 4.55 Å². The van der Waals surface area contributed by atoms with Crippen molar-refractivity contribution in [2.24, 2.45) is 10.4 Å². The zero-order valence-electron chi connectivity index (χ0n) is 8.17. The Kier molecular flexibility index (Phi) is 2.24. The summed E-state index contributed by atoms with van der Waals surface area (Å²) in [4.78, 5) is 5.48. The Labute approximate surface area is 82.3 Å². The maximum absolute atomic E-state index is 11.8. The van der Waals surface area contributed by atoms with E-state index in [0.717, 1.165) is 35.6 Å². The van der Waals surface area contributed by atoms with Crippen LogP contribution in [0.4, 0.5) is 0 Å². The molecule has 0 spiro atoms. The lowest BCUT2D eigenvalue weighted by Gasteiger charge is -2.29. The first kappa shape index (κ1) is 9.28. The van der Waals surface area contributed by atoms with Crippen molar-refractivity contribution < 1.29 is 4.55 Å². The minimum absolute atomic E-state index is 0.123. The summed E-state index contributed by atoms with van der Waals surface area (Å²) in [6.45, 7) is 4.37. The van der Waals surface area contributed by atoms with Crippen molar-refractivity contribution >= 4 is 17.4 Å². The van der Waals surface area contributed by atoms with Gasteiger partial charge in [-0.1, -0.05) is 13.8 Å². The summed E-state index contributed by atoms with van der Waals surface area (Å²) in [6, 6.07) is 0. The van der Waals surface area contributed by atoms with E-state index in [1.54, 1.807) is 0 Å². The molecule has 0 aromatic rings. The Bertz CT molecular complexity index is 285. The van der Waals surface area contributed by atoms with Crippen molar-refractivity contribution in [2.75, 3.05) is 5.75 Å². The molecule has 0 aromatic heterocycles. The Morgan fingerprint density at radius 1 is 1.69 bits per heavy atom. The third-order valence-corrected chi connectivity index (χ3v) is 4.89. The van der Waals surface area contributed by atoms with E-state index in [1.807, 2.05) is 6.21 Å². The summed E-state index contributed by atoms with van der Waals surface area (Å²) in [6.07, 6.45) is 4.91. The Morgan fingerprint density at radius 2 is 2.46 bits per heavy atom. The van der Waals surface area contributed by atoms with Gasteiger partial charge in [-0.25, -0.2) is 0 Å². The SMILES string of the molecule is CCC1(C)CC=NC2=C1[S+]([O-])CC2. The number of nitrogens with zero attached hydrogens (tertiary/aromatic N) is 1. The van der Waals surface area contributed by atoms with Crippen molar-refractivity contribution in [2.45, 2.75) is 33.1 Å². The highest BCUT2D eigenvalue weighted by Crippen LogP contribution is 2.46. The molecule has 0 aromatic carbocycles. The molecule has 2 aliphatic heterocycles. The van der Waals surface area contributed by atoms with Gasteiger partial charge >= 0.3 is 0 Å². The maximum Gasteiger partial charge on any atom is 0.157 e. The van der Waals surface area contributed by atoms with E-state index < -0.39 is 11.2 Å². The van der Waals surface area contributed by atoms with Crippen molar-refractivity contribution in [3.05, 3.63) is 10.6 Å². The first-order valence-corrected chi connectivity index (χ1v) is 6.14. The molecule has 2 unspecified atom stereocenters. The molecule has 0 radical (unpaired) electrons. The Morgan fingerprint density at radius 3 is 3.15 bits per heavy atom. The molecule has 2 heterocycles. The largest absolute Gasteiger partial charge is 0.612 e. The minimum Gasteiger partial charge on any atom is -0.612 e. The predicted molar refractivity (Wildman–Crippen MR) is 56.2 cm³/mol. The molecular formula is C10H15NOS. The lowest BCUT2D eigenvalue weighted by atomic mass is 9.82. The van der Waals surface area contributed by atoms with Gasteiger partial charge in [0.05, 0.1) is 5.70 Å². The second-order valence-electron chi connectivity index (χ2n) is 4.01. The average molecular weight is 197 g/mol. The summed E-state index contributed by atoms with van der Waals surface area (Å²) in [7, 11) is 0. The molecule has 0 N–H and O–H groups in total. The molecule has 13 heavy (non-hydrogen) atoms. The van der Waals surface area contributed by atoms with Gasteiger partial charge < -0.3 is 4.55 Å². The molecule has 0 saturated carbocycles. The zero-order chi connectivity index (χ0) is 9.47. The summed E-state index contributed by atoms with van der Waals surface area (Å²) < 4.78 is 11.8. The topological polar surface area (TPSA) is 35.4 Å². The lowest BCUT2D eigenvalue weighted by Crippen LogP contribution is -2.26. The molecule has 0 aliphatic carbocycles. The van der Waals surface area contributed by atoms with E-state index in [-0.39, 0.29) is 5.41 Å². The van der Waals surface area contributed by atoms with Crippen LogP contribution in [-0.2, 0) is 11.2 Å². The van der Waals surface area contributed by atoms with Crippen molar-refractivity contribution in [1.29, 1.82) is 0 Å². The fourth-order valence-electron chi connectivity index (χ4n) is 2.04. The quantitative estimate of drug-likeness (QED) is 0.594. The zero-order valence-corrected chi connectivity index (χ0v) is 8.99. The molecule has 2 rings (SSSR count). The summed E-state index contributed by atoms with van der Waals surface area (Å²) in [5.41, 5.74) is 1.23. The van der Waals surface area contributed by atoms with Gasteiger partial charge in [0.15, 0.2) is 4.91 Å². The van der Waals surface area contributed by atoms with Gasteiger partial charge in [-0.15, -0.1) is 0 Å². The van der Waals surface area contributed by atoms with Gasteiger partial charge in [0.1, 0.15) is 5.75 Å². The molecule has 3 heteroatoms. The molecule has 0 saturated heterocycles. The molecule has 2 atom stereocenters. The molecular weight excluding hydrogens is 182 g/mol. The number of hydrogen-bond donors (Lipinski definition) is 0. The van der Waals surface area contributed by atoms with Gasteiger partial charge in [-0.2, -0.15) is 0 Å². The second-order valence-corrected chi connectivity index (χ2v) is 5.51. The first-order valence-electron chi connectivity index (χ1n) is 4.82. The van der Waals surface area contributed by atoms with Crippen LogP contribution in [0.5, 0.6) is 0 Å². The van der Waals surface area contributed by atoms with Gasteiger partial charge in [-0.3, -0.25) is 4.99 Å². The number of aliphatic imine (C=N–C) groups is 1. The number of rotatable bonds is 1. The van der Waals surface area contributed by atoms with Crippen LogP contribution in [-0.4, -0.2) is 16.5 Å². The molecule has 72 valence electrons. The highest BCUT2D eigenvalue weighted by Gasteiger charge is 2.43. The highest BCUT2D eigenvalue weighted by molar-refractivity contribution is 7.95. The maximum atomic E-state index is 11.8. The number of allylic oxidation sites excluding steroid dienone is 2. The molecule has 0 fully saturated rings. The van der Waals surface area contributed by atoms with E-state index in [0.29, 0.717) is 0 Å². The second kappa shape index (κ2) is 3.14. The third-order valence-electron chi connectivity index (χ3n) is 3.13. The summed E-state index contributed by atoms with van der Waals surface area (Å²) in [5, 5.41) is 0. The van der Waals surface area contributed by atoms with Crippen molar-refractivity contribution in [1.82, 2.24) is 0 Å². The smallest absolute Gasteiger partial charge is 0.157 e. The fourth-order valence-corrected chi connectivity index (χ4v) is 3.82. The molecule has 2 aliphatic rings. The van der Waals surface area contributed by atoms with Crippen LogP contribution in [0, 0.1) is 5.41 Å². The molecule has 0 bridgehead atoms. The summed E-state index contributed by atoms with van der Waals surface area (Å²) in [5.74, 6) is 0.789. The van der Waals surface area contributed by atoms with Gasteiger partial charge in [0.2, 0.25) is 0 Å².